The van der Waals surface area contributed by atoms with E-state index in [4.69, 9.17) is 10.0 Å². The van der Waals surface area contributed by atoms with E-state index >= 15 is 0 Å². The summed E-state index contributed by atoms with van der Waals surface area (Å²) in [6.45, 7) is 17.4. The van der Waals surface area contributed by atoms with E-state index in [1.54, 1.807) is 13.8 Å². The molecule has 0 saturated heterocycles. The van der Waals surface area contributed by atoms with E-state index in [1.165, 1.54) is 0 Å². The van der Waals surface area contributed by atoms with Crippen LogP contribution in [0, 0.1) is 5.92 Å². The Balaban J connectivity index is -0.0000000806. The molecule has 27 heavy (non-hydrogen) atoms. The smallest absolute Gasteiger partial charge is 0.243 e. The lowest BCUT2D eigenvalue weighted by Crippen LogP contribution is -2.54. The fraction of sp³-hybridized carbons (Fsp3) is 0.778. The average molecular weight is 401 g/mol. The summed E-state index contributed by atoms with van der Waals surface area (Å²) in [4.78, 5) is 43.2. The zero-order valence-electron chi connectivity index (χ0n) is 18.1. The maximum absolute atomic E-state index is 12.1. The zero-order valence-corrected chi connectivity index (χ0v) is 18.1. The number of nitrogens with one attached hydrogen (secondary N) is 4. The molecule has 0 radical (unpaired) electrons. The van der Waals surface area contributed by atoms with Crippen LogP contribution in [0.5, 0.6) is 0 Å². The van der Waals surface area contributed by atoms with Crippen LogP contribution in [0.1, 0.15) is 67.5 Å². The van der Waals surface area contributed by atoms with Gasteiger partial charge in [-0.2, -0.15) is 0 Å². The van der Waals surface area contributed by atoms with Gasteiger partial charge in [0, 0.05) is 25.2 Å². The molecule has 0 aromatic heterocycles. The third kappa shape index (κ3) is 18.6. The predicted molar refractivity (Wildman–Crippen MR) is 116 cm³/mol. The van der Waals surface area contributed by atoms with Crippen molar-refractivity contribution in [2.45, 2.75) is 73.9 Å². The summed E-state index contributed by atoms with van der Waals surface area (Å²) in [6.07, 6.45) is 0.292. The summed E-state index contributed by atoms with van der Waals surface area (Å²) >= 11 is 0. The molecule has 0 rings (SSSR count). The summed E-state index contributed by atoms with van der Waals surface area (Å²) in [5.41, 5.74) is 1.91. The van der Waals surface area contributed by atoms with Gasteiger partial charge in [-0.1, -0.05) is 48.5 Å². The molecule has 170 valence electrons. The molecular weight excluding hydrogens is 352 g/mol. The van der Waals surface area contributed by atoms with E-state index < -0.39 is 18.0 Å². The molecule has 0 aromatic rings. The molecule has 0 aliphatic carbocycles. The van der Waals surface area contributed by atoms with Crippen molar-refractivity contribution in [1.29, 1.82) is 0 Å². The van der Waals surface area contributed by atoms with Crippen molar-refractivity contribution in [2.75, 3.05) is 13.1 Å². The Morgan fingerprint density at radius 1 is 0.926 bits per heavy atom. The fourth-order valence-corrected chi connectivity index (χ4v) is 1.57. The highest BCUT2D eigenvalue weighted by Gasteiger charge is 2.26. The first-order chi connectivity index (χ1) is 12.8. The van der Waals surface area contributed by atoms with Crippen LogP contribution in [0.25, 0.3) is 0 Å². The van der Waals surface area contributed by atoms with Gasteiger partial charge < -0.3 is 26.0 Å². The van der Waals surface area contributed by atoms with Crippen LogP contribution in [-0.2, 0) is 19.2 Å². The van der Waals surface area contributed by atoms with E-state index in [1.807, 2.05) is 53.8 Å². The Labute approximate surface area is 169 Å². The minimum atomic E-state index is -0.726. The normalized spacial score (nSPS) is 11.0. The molecule has 0 heterocycles. The van der Waals surface area contributed by atoms with Gasteiger partial charge in [0.2, 0.25) is 17.7 Å². The van der Waals surface area contributed by atoms with Crippen molar-refractivity contribution < 1.29 is 30.1 Å². The second-order valence-corrected chi connectivity index (χ2v) is 5.07. The number of rotatable bonds is 9. The average Bonchev–Trinajstić information content (AvgIpc) is 2.70. The quantitative estimate of drug-likeness (QED) is 0.296. The Bertz CT molecular complexity index is 396. The standard InChI is InChI=1S/C13H26N4O4.2C2H6.CH2O.4H2/c1-5-10(18)17-11(8(2)3)13(20)16-9(4)12(19)14-6-7-15-21;3*1-2;;;;/h8-9,11,15,21H,5-7H2,1-4H3,(H,14,19)(H,16,20)(H,17,18);2*1-2H3;1H2;4*1H/t9-,11-;;;;;;;/m0......./s1. The Hall–Kier alpha value is -2.00. The van der Waals surface area contributed by atoms with Crippen LogP contribution >= 0.6 is 0 Å². The first-order valence-corrected chi connectivity index (χ1v) is 9.36. The molecular formula is C18H48N4O5. The van der Waals surface area contributed by atoms with Gasteiger partial charge in [-0.15, -0.1) is 0 Å². The largest absolute Gasteiger partial charge is 0.353 e. The van der Waals surface area contributed by atoms with Crippen LogP contribution in [0.2, 0.25) is 0 Å². The molecule has 0 aliphatic rings. The minimum absolute atomic E-state index is 0. The van der Waals surface area contributed by atoms with E-state index in [-0.39, 0.29) is 36.5 Å². The second-order valence-electron chi connectivity index (χ2n) is 5.07. The molecule has 5 N–H and O–H groups in total. The SMILES string of the molecule is C=O.CC.CC.CCC(=O)N[C@H](C(=O)N[C@@H](C)C(=O)NCCNO)C(C)C.[HH].[HH].[HH].[HH]. The van der Waals surface area contributed by atoms with Crippen molar-refractivity contribution in [2.24, 2.45) is 5.92 Å². The van der Waals surface area contributed by atoms with Gasteiger partial charge >= 0.3 is 0 Å². The molecule has 2 atom stereocenters. The minimum Gasteiger partial charge on any atom is -0.353 e. The lowest BCUT2D eigenvalue weighted by molar-refractivity contribution is -0.132. The number of hydrogen-bond donors (Lipinski definition) is 5. The second kappa shape index (κ2) is 24.0. The van der Waals surface area contributed by atoms with E-state index in [0.29, 0.717) is 6.42 Å². The summed E-state index contributed by atoms with van der Waals surface area (Å²) in [5, 5.41) is 16.1. The molecule has 9 heteroatoms. The van der Waals surface area contributed by atoms with Gasteiger partial charge in [0.15, 0.2) is 0 Å². The lowest BCUT2D eigenvalue weighted by atomic mass is 10.0. The van der Waals surface area contributed by atoms with Crippen molar-refractivity contribution in [1.82, 2.24) is 21.4 Å². The lowest BCUT2D eigenvalue weighted by Gasteiger charge is -2.23. The van der Waals surface area contributed by atoms with E-state index in [0.717, 1.165) is 0 Å². The molecule has 0 aromatic carbocycles. The van der Waals surface area contributed by atoms with Gasteiger partial charge in [-0.3, -0.25) is 14.4 Å². The molecule has 9 nitrogen and oxygen atoms in total. The van der Waals surface area contributed by atoms with Crippen LogP contribution in [-0.4, -0.2) is 54.9 Å². The highest BCUT2D eigenvalue weighted by atomic mass is 16.5. The van der Waals surface area contributed by atoms with Crippen LogP contribution in [0.3, 0.4) is 0 Å². The monoisotopic (exact) mass is 400 g/mol. The Morgan fingerprint density at radius 2 is 1.41 bits per heavy atom. The third-order valence-corrected chi connectivity index (χ3v) is 2.87. The molecule has 0 unspecified atom stereocenters. The molecule has 0 spiro atoms. The molecule has 0 aliphatic heterocycles. The summed E-state index contributed by atoms with van der Waals surface area (Å²) in [6, 6.07) is -1.40. The number of hydrogen-bond acceptors (Lipinski definition) is 6. The Morgan fingerprint density at radius 3 is 1.78 bits per heavy atom. The fourth-order valence-electron chi connectivity index (χ4n) is 1.57. The van der Waals surface area contributed by atoms with Crippen molar-refractivity contribution in [3.63, 3.8) is 0 Å². The number of carbonyl (C=O) groups is 4. The first-order valence-electron chi connectivity index (χ1n) is 9.36. The molecule has 3 amide bonds. The highest BCUT2D eigenvalue weighted by molar-refractivity contribution is 5.91. The van der Waals surface area contributed by atoms with E-state index in [2.05, 4.69) is 16.0 Å². The highest BCUT2D eigenvalue weighted by Crippen LogP contribution is 2.03. The van der Waals surface area contributed by atoms with Gasteiger partial charge in [0.25, 0.3) is 0 Å². The third-order valence-electron chi connectivity index (χ3n) is 2.87. The van der Waals surface area contributed by atoms with Crippen LogP contribution in [0.15, 0.2) is 0 Å². The van der Waals surface area contributed by atoms with Crippen LogP contribution in [0.4, 0.5) is 0 Å². The molecule has 0 saturated carbocycles. The Kier molecular flexibility index (Phi) is 29.0. The van der Waals surface area contributed by atoms with Gasteiger partial charge in [0.1, 0.15) is 18.9 Å². The van der Waals surface area contributed by atoms with Gasteiger partial charge in [-0.05, 0) is 12.8 Å². The predicted octanol–water partition coefficient (Wildman–Crippen LogP) is 1.99. The van der Waals surface area contributed by atoms with Crippen LogP contribution < -0.4 is 21.4 Å². The van der Waals surface area contributed by atoms with Gasteiger partial charge in [0.05, 0.1) is 0 Å². The summed E-state index contributed by atoms with van der Waals surface area (Å²) in [7, 11) is 0. The number of amides is 3. The van der Waals surface area contributed by atoms with Crippen molar-refractivity contribution in [3.8, 4) is 0 Å². The number of carbonyl (C=O) groups excluding carboxylic acids is 4. The van der Waals surface area contributed by atoms with E-state index in [9.17, 15) is 14.4 Å². The summed E-state index contributed by atoms with van der Waals surface area (Å²) < 4.78 is 0. The number of hydroxylamine groups is 1. The maximum Gasteiger partial charge on any atom is 0.243 e. The topological polar surface area (TPSA) is 137 Å². The molecule has 0 bridgehead atoms. The summed E-state index contributed by atoms with van der Waals surface area (Å²) in [5.74, 6) is -1.05. The van der Waals surface area contributed by atoms with Crippen molar-refractivity contribution >= 4 is 24.5 Å². The van der Waals surface area contributed by atoms with Crippen molar-refractivity contribution in [3.05, 3.63) is 0 Å². The zero-order chi connectivity index (χ0) is 22.4. The van der Waals surface area contributed by atoms with Gasteiger partial charge in [-0.25, -0.2) is 5.48 Å². The maximum atomic E-state index is 12.1. The first kappa shape index (κ1) is 32.7. The molecule has 0 fully saturated rings.